The minimum atomic E-state index is -1.12. The second kappa shape index (κ2) is 10.1. The largest absolute Gasteiger partial charge is 0.431 e. The fourth-order valence-corrected chi connectivity index (χ4v) is 5.60. The van der Waals surface area contributed by atoms with E-state index in [0.717, 1.165) is 36.9 Å². The van der Waals surface area contributed by atoms with Crippen molar-refractivity contribution in [2.45, 2.75) is 56.7 Å². The predicted octanol–water partition coefficient (Wildman–Crippen LogP) is 5.65. The van der Waals surface area contributed by atoms with Crippen LogP contribution in [0.15, 0.2) is 47.1 Å². The Labute approximate surface area is 233 Å². The Morgan fingerprint density at radius 1 is 1.00 bits per heavy atom. The van der Waals surface area contributed by atoms with E-state index in [2.05, 4.69) is 20.5 Å². The number of halogens is 3. The number of pyridine rings is 1. The number of hydrogen-bond donors (Lipinski definition) is 2. The van der Waals surface area contributed by atoms with Crippen molar-refractivity contribution in [2.75, 3.05) is 0 Å². The Kier molecular flexibility index (Phi) is 6.35. The van der Waals surface area contributed by atoms with E-state index >= 15 is 4.39 Å². The molecule has 0 aliphatic heterocycles. The van der Waals surface area contributed by atoms with Gasteiger partial charge in [-0.3, -0.25) is 0 Å². The van der Waals surface area contributed by atoms with Gasteiger partial charge in [-0.15, -0.1) is 10.2 Å². The summed E-state index contributed by atoms with van der Waals surface area (Å²) in [5.41, 5.74) is 3.18. The number of aliphatic hydroxyl groups excluding tert-OH is 1. The molecule has 5 aromatic rings. The number of rotatable bonds is 7. The van der Waals surface area contributed by atoms with Gasteiger partial charge in [-0.25, -0.2) is 18.7 Å². The molecule has 0 amide bonds. The molecule has 0 bridgehead atoms. The molecule has 2 saturated carbocycles. The molecule has 8 nitrogen and oxygen atoms in total. The summed E-state index contributed by atoms with van der Waals surface area (Å²) in [4.78, 5) is 9.26. The van der Waals surface area contributed by atoms with E-state index in [-0.39, 0.29) is 41.1 Å². The third-order valence-corrected chi connectivity index (χ3v) is 7.98. The van der Waals surface area contributed by atoms with E-state index in [1.54, 1.807) is 30.1 Å². The fraction of sp³-hybridized carbons (Fsp3) is 0.333. The van der Waals surface area contributed by atoms with Crippen LogP contribution in [0, 0.1) is 17.5 Å². The van der Waals surface area contributed by atoms with E-state index in [1.165, 1.54) is 18.2 Å². The molecular formula is C30H27F3N6O2. The Morgan fingerprint density at radius 2 is 1.85 bits per heavy atom. The Balaban J connectivity index is 1.30. The Morgan fingerprint density at radius 3 is 2.59 bits per heavy atom. The maximum absolute atomic E-state index is 15.2. The van der Waals surface area contributed by atoms with E-state index in [1.807, 2.05) is 6.07 Å². The normalized spacial score (nSPS) is 19.0. The minimum absolute atomic E-state index is 0.0531. The summed E-state index contributed by atoms with van der Waals surface area (Å²) < 4.78 is 52.0. The van der Waals surface area contributed by atoms with Gasteiger partial charge in [-0.05, 0) is 73.6 Å². The number of benzene rings is 2. The van der Waals surface area contributed by atoms with Crippen molar-refractivity contribution in [1.82, 2.24) is 30.0 Å². The predicted molar refractivity (Wildman–Crippen MR) is 145 cm³/mol. The van der Waals surface area contributed by atoms with Crippen LogP contribution in [0.2, 0.25) is 0 Å². The van der Waals surface area contributed by atoms with E-state index in [4.69, 9.17) is 9.40 Å². The van der Waals surface area contributed by atoms with E-state index < -0.39 is 23.6 Å². The lowest BCUT2D eigenvalue weighted by molar-refractivity contribution is 0.148. The molecule has 2 aliphatic rings. The van der Waals surface area contributed by atoms with Gasteiger partial charge in [0.2, 0.25) is 11.7 Å². The van der Waals surface area contributed by atoms with Gasteiger partial charge in [0.25, 0.3) is 0 Å². The van der Waals surface area contributed by atoms with Crippen molar-refractivity contribution in [3.63, 3.8) is 0 Å². The van der Waals surface area contributed by atoms with Gasteiger partial charge in [0.05, 0.1) is 6.10 Å². The number of fused-ring (bicyclic) bond motifs is 1. The average molecular weight is 561 g/mol. The first-order valence-corrected chi connectivity index (χ1v) is 13.7. The molecule has 0 unspecified atom stereocenters. The highest BCUT2D eigenvalue weighted by Gasteiger charge is 2.29. The number of oxazole rings is 1. The number of aliphatic hydroxyl groups is 1. The average Bonchev–Trinajstić information content (AvgIpc) is 3.38. The van der Waals surface area contributed by atoms with Crippen LogP contribution in [0.4, 0.5) is 13.2 Å². The molecule has 0 spiro atoms. The highest BCUT2D eigenvalue weighted by molar-refractivity contribution is 5.83. The van der Waals surface area contributed by atoms with E-state index in [0.29, 0.717) is 29.1 Å². The quantitative estimate of drug-likeness (QED) is 0.265. The minimum Gasteiger partial charge on any atom is -0.431 e. The SMILES string of the molecule is Cn1cnnc1-c1cc(F)ccc1-c1cc(-c2nc3cc(CN[C@@H]4CCC[C@@H]4O)c(F)c(F)c3o2)nc(C2CC2)c1. The third kappa shape index (κ3) is 4.78. The van der Waals surface area contributed by atoms with Crippen molar-refractivity contribution in [3.8, 4) is 34.1 Å². The first kappa shape index (κ1) is 25.8. The first-order chi connectivity index (χ1) is 19.9. The van der Waals surface area contributed by atoms with Crippen LogP contribution >= 0.6 is 0 Å². The van der Waals surface area contributed by atoms with Crippen LogP contribution in [0.5, 0.6) is 0 Å². The van der Waals surface area contributed by atoms with Crippen LogP contribution in [0.25, 0.3) is 45.2 Å². The molecule has 2 aromatic carbocycles. The number of hydrogen-bond acceptors (Lipinski definition) is 7. The van der Waals surface area contributed by atoms with Gasteiger partial charge in [-0.2, -0.15) is 4.39 Å². The summed E-state index contributed by atoms with van der Waals surface area (Å²) in [5, 5.41) is 21.3. The number of nitrogens with zero attached hydrogens (tertiary/aromatic N) is 5. The van der Waals surface area contributed by atoms with Gasteiger partial charge in [0, 0.05) is 42.4 Å². The Hall–Kier alpha value is -4.09. The van der Waals surface area contributed by atoms with Crippen LogP contribution in [0.3, 0.4) is 0 Å². The first-order valence-electron chi connectivity index (χ1n) is 13.7. The zero-order valence-electron chi connectivity index (χ0n) is 22.2. The van der Waals surface area contributed by atoms with Crippen LogP contribution in [0.1, 0.15) is 49.3 Å². The van der Waals surface area contributed by atoms with Crippen LogP contribution in [-0.4, -0.2) is 42.0 Å². The lowest BCUT2D eigenvalue weighted by Crippen LogP contribution is -2.35. The molecule has 2 N–H and O–H groups in total. The molecule has 3 heterocycles. The van der Waals surface area contributed by atoms with Crippen LogP contribution < -0.4 is 5.32 Å². The zero-order chi connectivity index (χ0) is 28.2. The third-order valence-electron chi connectivity index (χ3n) is 7.98. The molecule has 0 radical (unpaired) electrons. The zero-order valence-corrected chi connectivity index (χ0v) is 22.2. The second-order valence-electron chi connectivity index (χ2n) is 10.9. The standard InChI is InChI=1S/C30H27F3N6O2/c1-39-14-35-38-29(39)20-12-18(31)7-8-19(20)16-9-22(15-5-6-15)36-24(10-16)30-37-23-11-17(26(32)27(33)28(23)41-30)13-34-21-3-2-4-25(21)40/h7-12,14-15,21,25,34,40H,2-6,13H2,1H3/t21-,25+/m1/s1. The maximum atomic E-state index is 15.2. The highest BCUT2D eigenvalue weighted by atomic mass is 19.2. The summed E-state index contributed by atoms with van der Waals surface area (Å²) in [6, 6.07) is 9.48. The van der Waals surface area contributed by atoms with Gasteiger partial charge < -0.3 is 19.4 Å². The number of nitrogens with one attached hydrogen (secondary N) is 1. The molecule has 2 aliphatic carbocycles. The molecule has 41 heavy (non-hydrogen) atoms. The smallest absolute Gasteiger partial charge is 0.246 e. The lowest BCUT2D eigenvalue weighted by Gasteiger charge is -2.16. The van der Waals surface area contributed by atoms with Crippen molar-refractivity contribution in [3.05, 3.63) is 71.4 Å². The van der Waals surface area contributed by atoms with Crippen molar-refractivity contribution in [2.24, 2.45) is 7.05 Å². The highest BCUT2D eigenvalue weighted by Crippen LogP contribution is 2.43. The summed E-state index contributed by atoms with van der Waals surface area (Å²) in [7, 11) is 1.78. The molecule has 2 fully saturated rings. The lowest BCUT2D eigenvalue weighted by atomic mass is 9.97. The molecule has 210 valence electrons. The topological polar surface area (TPSA) is 102 Å². The molecule has 11 heteroatoms. The van der Waals surface area contributed by atoms with Crippen molar-refractivity contribution < 1.29 is 22.7 Å². The van der Waals surface area contributed by atoms with Gasteiger partial charge in [0.1, 0.15) is 23.4 Å². The van der Waals surface area contributed by atoms with E-state index in [9.17, 15) is 13.9 Å². The molecule has 0 saturated heterocycles. The summed E-state index contributed by atoms with van der Waals surface area (Å²) >= 11 is 0. The molecule has 3 aromatic heterocycles. The van der Waals surface area contributed by atoms with Crippen LogP contribution in [-0.2, 0) is 13.6 Å². The summed E-state index contributed by atoms with van der Waals surface area (Å²) in [6.07, 6.45) is 5.35. The monoisotopic (exact) mass is 560 g/mol. The Bertz CT molecular complexity index is 1780. The molecule has 2 atom stereocenters. The fourth-order valence-electron chi connectivity index (χ4n) is 5.60. The van der Waals surface area contributed by atoms with Gasteiger partial charge in [0.15, 0.2) is 17.2 Å². The number of aryl methyl sites for hydroxylation is 1. The summed E-state index contributed by atoms with van der Waals surface area (Å²) in [6.45, 7) is 0.0531. The molecular weight excluding hydrogens is 533 g/mol. The van der Waals surface area contributed by atoms with Crippen molar-refractivity contribution in [1.29, 1.82) is 0 Å². The molecule has 7 rings (SSSR count). The summed E-state index contributed by atoms with van der Waals surface area (Å²) in [5.74, 6) is -1.73. The number of aromatic nitrogens is 5. The maximum Gasteiger partial charge on any atom is 0.246 e. The van der Waals surface area contributed by atoms with Gasteiger partial charge >= 0.3 is 0 Å². The van der Waals surface area contributed by atoms with Crippen molar-refractivity contribution >= 4 is 11.1 Å². The van der Waals surface area contributed by atoms with Gasteiger partial charge in [-0.1, -0.05) is 6.07 Å². The second-order valence-corrected chi connectivity index (χ2v) is 10.9.